The van der Waals surface area contributed by atoms with Gasteiger partial charge in [0.05, 0.1) is 12.0 Å². The van der Waals surface area contributed by atoms with Gasteiger partial charge in [0, 0.05) is 19.2 Å². The minimum absolute atomic E-state index is 0.0741. The molecule has 154 valence electrons. The maximum atomic E-state index is 11.4. The standard InChI is InChI=1S/C26H28N2O2/c1-6-28(5)17-27-25-15-19(3)26(16-18(25)2)30-24-13-11-23(12-14-24)22-9-7-21(8-10-22)20(4)29/h7-17H,6H2,1-5H3/b27-17-. The number of ketones is 1. The molecule has 0 fully saturated rings. The van der Waals surface area contributed by atoms with Gasteiger partial charge in [-0.25, -0.2) is 4.99 Å². The van der Waals surface area contributed by atoms with Crippen molar-refractivity contribution in [1.29, 1.82) is 0 Å². The minimum atomic E-state index is 0.0741. The maximum Gasteiger partial charge on any atom is 0.159 e. The number of hydrogen-bond donors (Lipinski definition) is 0. The lowest BCUT2D eigenvalue weighted by Crippen LogP contribution is -2.14. The minimum Gasteiger partial charge on any atom is -0.457 e. The van der Waals surface area contributed by atoms with Gasteiger partial charge in [0.15, 0.2) is 5.78 Å². The van der Waals surface area contributed by atoms with E-state index in [2.05, 4.69) is 18.0 Å². The van der Waals surface area contributed by atoms with E-state index < -0.39 is 0 Å². The fraction of sp³-hybridized carbons (Fsp3) is 0.231. The summed E-state index contributed by atoms with van der Waals surface area (Å²) < 4.78 is 6.13. The van der Waals surface area contributed by atoms with E-state index in [-0.39, 0.29) is 5.78 Å². The number of nitrogens with zero attached hydrogens (tertiary/aromatic N) is 2. The molecule has 0 saturated carbocycles. The zero-order valence-corrected chi connectivity index (χ0v) is 18.3. The van der Waals surface area contributed by atoms with Crippen LogP contribution in [-0.4, -0.2) is 30.6 Å². The monoisotopic (exact) mass is 400 g/mol. The molecule has 0 spiro atoms. The summed E-state index contributed by atoms with van der Waals surface area (Å²) in [4.78, 5) is 18.0. The molecule has 0 aliphatic carbocycles. The molecule has 3 aromatic carbocycles. The number of benzene rings is 3. The Kier molecular flexibility index (Phi) is 6.68. The molecule has 0 saturated heterocycles. The first-order valence-corrected chi connectivity index (χ1v) is 10.1. The second kappa shape index (κ2) is 9.40. The number of ether oxygens (including phenoxy) is 1. The Hall–Kier alpha value is -3.40. The van der Waals surface area contributed by atoms with Crippen molar-refractivity contribution >= 4 is 17.8 Å². The Morgan fingerprint density at radius 3 is 2.13 bits per heavy atom. The van der Waals surface area contributed by atoms with E-state index in [9.17, 15) is 4.79 Å². The predicted molar refractivity (Wildman–Crippen MR) is 124 cm³/mol. The summed E-state index contributed by atoms with van der Waals surface area (Å²) in [6.07, 6.45) is 1.85. The third-order valence-electron chi connectivity index (χ3n) is 5.09. The number of carbonyl (C=O) groups is 1. The molecule has 0 radical (unpaired) electrons. The normalized spacial score (nSPS) is 11.0. The van der Waals surface area contributed by atoms with E-state index in [1.807, 2.05) is 86.7 Å². The van der Waals surface area contributed by atoms with E-state index in [4.69, 9.17) is 4.74 Å². The van der Waals surface area contributed by atoms with Gasteiger partial charge in [0.25, 0.3) is 0 Å². The van der Waals surface area contributed by atoms with Gasteiger partial charge in [-0.1, -0.05) is 36.4 Å². The van der Waals surface area contributed by atoms with Gasteiger partial charge >= 0.3 is 0 Å². The quantitative estimate of drug-likeness (QED) is 0.256. The molecule has 0 amide bonds. The van der Waals surface area contributed by atoms with Gasteiger partial charge in [0.1, 0.15) is 11.5 Å². The van der Waals surface area contributed by atoms with Crippen LogP contribution in [0.25, 0.3) is 11.1 Å². The van der Waals surface area contributed by atoms with Crippen molar-refractivity contribution in [3.63, 3.8) is 0 Å². The van der Waals surface area contributed by atoms with Crippen LogP contribution in [0.3, 0.4) is 0 Å². The molecule has 30 heavy (non-hydrogen) atoms. The van der Waals surface area contributed by atoms with Crippen molar-refractivity contribution in [1.82, 2.24) is 4.90 Å². The van der Waals surface area contributed by atoms with Crippen molar-refractivity contribution in [2.45, 2.75) is 27.7 Å². The van der Waals surface area contributed by atoms with Crippen LogP contribution >= 0.6 is 0 Å². The van der Waals surface area contributed by atoms with E-state index >= 15 is 0 Å². The molecule has 0 aliphatic rings. The second-order valence-corrected chi connectivity index (χ2v) is 7.48. The van der Waals surface area contributed by atoms with E-state index in [1.54, 1.807) is 6.92 Å². The van der Waals surface area contributed by atoms with Gasteiger partial charge in [-0.3, -0.25) is 4.79 Å². The summed E-state index contributed by atoms with van der Waals surface area (Å²) in [7, 11) is 2.00. The molecule has 4 heteroatoms. The van der Waals surface area contributed by atoms with E-state index in [1.165, 1.54) is 0 Å². The molecule has 0 heterocycles. The summed E-state index contributed by atoms with van der Waals surface area (Å²) >= 11 is 0. The molecule has 0 N–H and O–H groups in total. The number of Topliss-reactive ketones (excluding diaryl/α,β-unsaturated/α-hetero) is 1. The number of carbonyl (C=O) groups excluding carboxylic acids is 1. The molecular formula is C26H28N2O2. The molecule has 3 rings (SSSR count). The lowest BCUT2D eigenvalue weighted by Gasteiger charge is -2.13. The third-order valence-corrected chi connectivity index (χ3v) is 5.09. The zero-order valence-electron chi connectivity index (χ0n) is 18.3. The lowest BCUT2D eigenvalue weighted by molar-refractivity contribution is 0.101. The molecule has 0 aromatic heterocycles. The average Bonchev–Trinajstić information content (AvgIpc) is 2.75. The van der Waals surface area contributed by atoms with Crippen LogP contribution in [0.15, 0.2) is 65.7 Å². The first-order chi connectivity index (χ1) is 14.4. The SMILES string of the molecule is CCN(C)/C=N\c1cc(C)c(Oc2ccc(-c3ccc(C(C)=O)cc3)cc2)cc1C. The van der Waals surface area contributed by atoms with Crippen molar-refractivity contribution < 1.29 is 9.53 Å². The van der Waals surface area contributed by atoms with E-state index in [0.29, 0.717) is 0 Å². The third kappa shape index (κ3) is 5.15. The fourth-order valence-corrected chi connectivity index (χ4v) is 3.01. The Morgan fingerprint density at radius 2 is 1.57 bits per heavy atom. The molecule has 4 nitrogen and oxygen atoms in total. The topological polar surface area (TPSA) is 41.9 Å². The largest absolute Gasteiger partial charge is 0.457 e. The maximum absolute atomic E-state index is 11.4. The van der Waals surface area contributed by atoms with Crippen molar-refractivity contribution in [2.75, 3.05) is 13.6 Å². The van der Waals surface area contributed by atoms with Crippen LogP contribution in [0.2, 0.25) is 0 Å². The van der Waals surface area contributed by atoms with Gasteiger partial charge in [-0.2, -0.15) is 0 Å². The second-order valence-electron chi connectivity index (χ2n) is 7.48. The highest BCUT2D eigenvalue weighted by Crippen LogP contribution is 2.32. The van der Waals surface area contributed by atoms with Crippen LogP contribution in [0, 0.1) is 13.8 Å². The highest BCUT2D eigenvalue weighted by Gasteiger charge is 2.07. The number of hydrogen-bond acceptors (Lipinski definition) is 3. The highest BCUT2D eigenvalue weighted by molar-refractivity contribution is 5.94. The smallest absolute Gasteiger partial charge is 0.159 e. The molecule has 0 aliphatic heterocycles. The summed E-state index contributed by atoms with van der Waals surface area (Å²) in [6, 6.07) is 19.7. The summed E-state index contributed by atoms with van der Waals surface area (Å²) in [5.74, 6) is 1.68. The van der Waals surface area contributed by atoms with Gasteiger partial charge in [-0.05, 0) is 74.2 Å². The van der Waals surface area contributed by atoms with Crippen LogP contribution in [0.1, 0.15) is 35.3 Å². The summed E-state index contributed by atoms with van der Waals surface area (Å²) in [5.41, 5.74) is 5.92. The van der Waals surface area contributed by atoms with Crippen molar-refractivity contribution in [2.24, 2.45) is 4.99 Å². The van der Waals surface area contributed by atoms with E-state index in [0.717, 1.165) is 51.5 Å². The lowest BCUT2D eigenvalue weighted by atomic mass is 10.0. The Morgan fingerprint density at radius 1 is 0.967 bits per heavy atom. The van der Waals surface area contributed by atoms with Crippen molar-refractivity contribution in [3.05, 3.63) is 77.4 Å². The Labute approximate surface area is 178 Å². The molecule has 0 bridgehead atoms. The number of aliphatic imine (C=N–C) groups is 1. The Bertz CT molecular complexity index is 1050. The number of aryl methyl sites for hydroxylation is 2. The van der Waals surface area contributed by atoms with Crippen molar-refractivity contribution in [3.8, 4) is 22.6 Å². The molecule has 0 unspecified atom stereocenters. The first-order valence-electron chi connectivity index (χ1n) is 10.1. The molecule has 0 atom stereocenters. The summed E-state index contributed by atoms with van der Waals surface area (Å²) in [6.45, 7) is 8.65. The Balaban J connectivity index is 1.76. The predicted octanol–water partition coefficient (Wildman–Crippen LogP) is 6.58. The van der Waals surface area contributed by atoms with Crippen LogP contribution < -0.4 is 4.74 Å². The average molecular weight is 401 g/mol. The van der Waals surface area contributed by atoms with Gasteiger partial charge in [-0.15, -0.1) is 0 Å². The molecule has 3 aromatic rings. The summed E-state index contributed by atoms with van der Waals surface area (Å²) in [5, 5.41) is 0. The molecular weight excluding hydrogens is 372 g/mol. The fourth-order valence-electron chi connectivity index (χ4n) is 3.01. The highest BCUT2D eigenvalue weighted by atomic mass is 16.5. The number of rotatable bonds is 7. The van der Waals surface area contributed by atoms with Gasteiger partial charge < -0.3 is 9.64 Å². The van der Waals surface area contributed by atoms with Crippen LogP contribution in [-0.2, 0) is 0 Å². The van der Waals surface area contributed by atoms with Gasteiger partial charge in [0.2, 0.25) is 0 Å². The van der Waals surface area contributed by atoms with Crippen LogP contribution in [0.4, 0.5) is 5.69 Å². The van der Waals surface area contributed by atoms with Crippen LogP contribution in [0.5, 0.6) is 11.5 Å². The zero-order chi connectivity index (χ0) is 21.7. The first kappa shape index (κ1) is 21.3.